The molecule has 6 heteroatoms. The zero-order valence-electron chi connectivity index (χ0n) is 9.19. The maximum absolute atomic E-state index is 11.5. The molecule has 0 fully saturated rings. The van der Waals surface area contributed by atoms with Gasteiger partial charge < -0.3 is 21.1 Å². The lowest BCUT2D eigenvalue weighted by Crippen LogP contribution is -2.46. The number of carbonyl (C=O) groups excluding carboxylic acids is 1. The predicted molar refractivity (Wildman–Crippen MR) is 56.5 cm³/mol. The summed E-state index contributed by atoms with van der Waals surface area (Å²) in [6, 6.07) is -0.582. The lowest BCUT2D eigenvalue weighted by molar-refractivity contribution is -0.138. The van der Waals surface area contributed by atoms with E-state index in [9.17, 15) is 9.59 Å². The summed E-state index contributed by atoms with van der Waals surface area (Å²) in [5, 5.41) is 11.2. The van der Waals surface area contributed by atoms with Crippen LogP contribution in [0.5, 0.6) is 0 Å². The normalized spacial score (nSPS) is 11.9. The number of carboxylic acids is 1. The van der Waals surface area contributed by atoms with E-state index < -0.39 is 5.97 Å². The average molecular weight is 217 g/mol. The number of carbonyl (C=O) groups is 2. The minimum Gasteiger partial charge on any atom is -0.481 e. The van der Waals surface area contributed by atoms with Crippen molar-refractivity contribution in [2.75, 3.05) is 19.6 Å². The summed E-state index contributed by atoms with van der Waals surface area (Å²) in [6.07, 6.45) is -0.0517. The Balaban J connectivity index is 4.20. The van der Waals surface area contributed by atoms with Crippen LogP contribution in [0.25, 0.3) is 0 Å². The van der Waals surface area contributed by atoms with Gasteiger partial charge in [-0.2, -0.15) is 0 Å². The Kier molecular flexibility index (Phi) is 6.44. The largest absolute Gasteiger partial charge is 0.481 e. The van der Waals surface area contributed by atoms with Crippen LogP contribution in [0.4, 0.5) is 4.79 Å². The Morgan fingerprint density at radius 1 is 1.53 bits per heavy atom. The summed E-state index contributed by atoms with van der Waals surface area (Å²) in [7, 11) is 0. The van der Waals surface area contributed by atoms with Crippen LogP contribution in [-0.4, -0.2) is 47.7 Å². The molecule has 0 radical (unpaired) electrons. The van der Waals surface area contributed by atoms with Crippen LogP contribution in [0, 0.1) is 0 Å². The third-order valence-electron chi connectivity index (χ3n) is 2.02. The van der Waals surface area contributed by atoms with E-state index in [0.29, 0.717) is 19.6 Å². The highest BCUT2D eigenvalue weighted by molar-refractivity contribution is 5.75. The van der Waals surface area contributed by atoms with E-state index in [1.165, 1.54) is 4.90 Å². The molecule has 0 bridgehead atoms. The summed E-state index contributed by atoms with van der Waals surface area (Å²) in [6.45, 7) is 4.76. The maximum Gasteiger partial charge on any atom is 0.317 e. The third-order valence-corrected chi connectivity index (χ3v) is 2.02. The first kappa shape index (κ1) is 13.7. The van der Waals surface area contributed by atoms with E-state index in [0.717, 1.165) is 0 Å². The molecule has 0 aliphatic carbocycles. The molecular formula is C9H19N3O3. The molecule has 1 atom stereocenters. The van der Waals surface area contributed by atoms with Gasteiger partial charge in [-0.3, -0.25) is 4.79 Å². The molecule has 6 nitrogen and oxygen atoms in total. The van der Waals surface area contributed by atoms with Gasteiger partial charge in [0.05, 0.1) is 6.42 Å². The van der Waals surface area contributed by atoms with Gasteiger partial charge >= 0.3 is 12.0 Å². The number of hydrogen-bond acceptors (Lipinski definition) is 3. The van der Waals surface area contributed by atoms with E-state index in [-0.39, 0.29) is 18.5 Å². The van der Waals surface area contributed by atoms with Crippen molar-refractivity contribution in [2.24, 2.45) is 5.73 Å². The predicted octanol–water partition coefficient (Wildman–Crippen LogP) is -0.160. The summed E-state index contributed by atoms with van der Waals surface area (Å²) < 4.78 is 0. The van der Waals surface area contributed by atoms with Crippen LogP contribution < -0.4 is 11.1 Å². The number of carboxylic acid groups (broad SMARTS) is 1. The van der Waals surface area contributed by atoms with Crippen LogP contribution in [0.15, 0.2) is 0 Å². The molecule has 0 aliphatic heterocycles. The third kappa shape index (κ3) is 5.21. The van der Waals surface area contributed by atoms with Crippen LogP contribution in [0.3, 0.4) is 0 Å². The Hall–Kier alpha value is -1.30. The highest BCUT2D eigenvalue weighted by Crippen LogP contribution is 2.03. The van der Waals surface area contributed by atoms with Crippen molar-refractivity contribution in [3.63, 3.8) is 0 Å². The molecule has 4 N–H and O–H groups in total. The molecule has 1 unspecified atom stereocenters. The zero-order chi connectivity index (χ0) is 11.8. The van der Waals surface area contributed by atoms with Gasteiger partial charge in [-0.1, -0.05) is 0 Å². The van der Waals surface area contributed by atoms with Crippen LogP contribution in [-0.2, 0) is 4.79 Å². The maximum atomic E-state index is 11.5. The van der Waals surface area contributed by atoms with E-state index >= 15 is 0 Å². The molecule has 0 heterocycles. The standard InChI is InChI=1S/C9H19N3O3/c1-3-12(7(2)6-8(13)14)9(15)11-5-4-10/h7H,3-6,10H2,1-2H3,(H,11,15)(H,13,14). The number of hydrogen-bond donors (Lipinski definition) is 3. The van der Waals surface area contributed by atoms with Gasteiger partial charge in [-0.15, -0.1) is 0 Å². The molecule has 0 saturated heterocycles. The lowest BCUT2D eigenvalue weighted by atomic mass is 10.2. The SMILES string of the molecule is CCN(C(=O)NCCN)C(C)CC(=O)O. The topological polar surface area (TPSA) is 95.7 Å². The van der Waals surface area contributed by atoms with Gasteiger partial charge in [0, 0.05) is 25.7 Å². The second kappa shape index (κ2) is 7.05. The smallest absolute Gasteiger partial charge is 0.317 e. The van der Waals surface area contributed by atoms with Gasteiger partial charge in [0.2, 0.25) is 0 Å². The molecular weight excluding hydrogens is 198 g/mol. The molecule has 0 aromatic heterocycles. The van der Waals surface area contributed by atoms with Crippen LogP contribution >= 0.6 is 0 Å². The molecule has 0 aliphatic rings. The molecule has 0 aromatic rings. The Morgan fingerprint density at radius 3 is 2.53 bits per heavy atom. The van der Waals surface area contributed by atoms with Gasteiger partial charge in [0.15, 0.2) is 0 Å². The van der Waals surface area contributed by atoms with Gasteiger partial charge in [-0.05, 0) is 13.8 Å². The Bertz CT molecular complexity index is 221. The fourth-order valence-electron chi connectivity index (χ4n) is 1.30. The zero-order valence-corrected chi connectivity index (χ0v) is 9.19. The van der Waals surface area contributed by atoms with Crippen molar-refractivity contribution in [2.45, 2.75) is 26.3 Å². The molecule has 0 rings (SSSR count). The molecule has 0 spiro atoms. The number of nitrogens with zero attached hydrogens (tertiary/aromatic N) is 1. The lowest BCUT2D eigenvalue weighted by Gasteiger charge is -2.27. The fourth-order valence-corrected chi connectivity index (χ4v) is 1.30. The Labute approximate surface area is 89.4 Å². The van der Waals surface area contributed by atoms with Crippen molar-refractivity contribution >= 4 is 12.0 Å². The summed E-state index contributed by atoms with van der Waals surface area (Å²) in [4.78, 5) is 23.5. The Morgan fingerprint density at radius 2 is 2.13 bits per heavy atom. The molecule has 88 valence electrons. The number of rotatable bonds is 6. The van der Waals surface area contributed by atoms with Crippen LogP contribution in [0.1, 0.15) is 20.3 Å². The average Bonchev–Trinajstić information content (AvgIpc) is 2.14. The van der Waals surface area contributed by atoms with Gasteiger partial charge in [-0.25, -0.2) is 4.79 Å². The van der Waals surface area contributed by atoms with Crippen LogP contribution in [0.2, 0.25) is 0 Å². The van der Waals surface area contributed by atoms with Crippen molar-refractivity contribution in [3.05, 3.63) is 0 Å². The van der Waals surface area contributed by atoms with Crippen molar-refractivity contribution in [1.82, 2.24) is 10.2 Å². The number of aliphatic carboxylic acids is 1. The first-order valence-corrected chi connectivity index (χ1v) is 4.99. The summed E-state index contributed by atoms with van der Waals surface area (Å²) >= 11 is 0. The van der Waals surface area contributed by atoms with E-state index in [2.05, 4.69) is 5.32 Å². The highest BCUT2D eigenvalue weighted by atomic mass is 16.4. The summed E-state index contributed by atoms with van der Waals surface area (Å²) in [5.74, 6) is -0.910. The number of urea groups is 1. The van der Waals surface area contributed by atoms with Crippen molar-refractivity contribution in [3.8, 4) is 0 Å². The first-order valence-electron chi connectivity index (χ1n) is 4.99. The summed E-state index contributed by atoms with van der Waals surface area (Å²) in [5.41, 5.74) is 5.25. The van der Waals surface area contributed by atoms with E-state index in [4.69, 9.17) is 10.8 Å². The van der Waals surface area contributed by atoms with Crippen molar-refractivity contribution in [1.29, 1.82) is 0 Å². The highest BCUT2D eigenvalue weighted by Gasteiger charge is 2.19. The number of amides is 2. The number of nitrogens with one attached hydrogen (secondary N) is 1. The molecule has 15 heavy (non-hydrogen) atoms. The molecule has 0 aromatic carbocycles. The van der Waals surface area contributed by atoms with Gasteiger partial charge in [0.1, 0.15) is 0 Å². The van der Waals surface area contributed by atoms with E-state index in [1.54, 1.807) is 13.8 Å². The second-order valence-corrected chi connectivity index (χ2v) is 3.25. The minimum absolute atomic E-state index is 0.0517. The fraction of sp³-hybridized carbons (Fsp3) is 0.778. The monoisotopic (exact) mass is 217 g/mol. The quantitative estimate of drug-likeness (QED) is 0.576. The molecule has 0 saturated carbocycles. The first-order chi connectivity index (χ1) is 7.02. The van der Waals surface area contributed by atoms with Gasteiger partial charge in [0.25, 0.3) is 0 Å². The van der Waals surface area contributed by atoms with E-state index in [1.807, 2.05) is 0 Å². The number of nitrogens with two attached hydrogens (primary N) is 1. The molecule has 2 amide bonds. The van der Waals surface area contributed by atoms with Crippen molar-refractivity contribution < 1.29 is 14.7 Å². The second-order valence-electron chi connectivity index (χ2n) is 3.25. The minimum atomic E-state index is -0.910.